The molecule has 1 atom stereocenters. The monoisotopic (exact) mass is 504 g/mol. The van der Waals surface area contributed by atoms with Crippen molar-refractivity contribution in [2.45, 2.75) is 19.6 Å². The number of nitrogens with zero attached hydrogens (tertiary/aromatic N) is 1. The molecule has 1 N–H and O–H groups in total. The van der Waals surface area contributed by atoms with Gasteiger partial charge in [-0.25, -0.2) is 0 Å². The van der Waals surface area contributed by atoms with Gasteiger partial charge >= 0.3 is 0 Å². The fourth-order valence-electron chi connectivity index (χ4n) is 3.31. The van der Waals surface area contributed by atoms with E-state index < -0.39 is 6.10 Å². The minimum atomic E-state index is -0.836. The Morgan fingerprint density at radius 2 is 1.88 bits per heavy atom. The Bertz CT molecular complexity index is 1220. The summed E-state index contributed by atoms with van der Waals surface area (Å²) in [6, 6.07) is 17.2. The predicted molar refractivity (Wildman–Crippen MR) is 130 cm³/mol. The molecule has 2 amide bonds. The Balaban J connectivity index is 1.51. The second kappa shape index (κ2) is 9.91. The third kappa shape index (κ3) is 5.36. The molecule has 1 heterocycles. The summed E-state index contributed by atoms with van der Waals surface area (Å²) in [6.07, 6.45) is -0.836. The topological polar surface area (TPSA) is 67.9 Å². The van der Waals surface area contributed by atoms with Crippen LogP contribution in [-0.4, -0.2) is 24.5 Å². The van der Waals surface area contributed by atoms with E-state index in [2.05, 4.69) is 5.32 Å². The van der Waals surface area contributed by atoms with Crippen LogP contribution in [0.5, 0.6) is 11.5 Å². The Labute approximate surface area is 205 Å². The molecule has 0 bridgehead atoms. The van der Waals surface area contributed by atoms with E-state index in [-0.39, 0.29) is 25.0 Å². The van der Waals surface area contributed by atoms with E-state index in [1.54, 1.807) is 48.2 Å². The molecule has 0 spiro atoms. The zero-order valence-electron chi connectivity index (χ0n) is 17.5. The van der Waals surface area contributed by atoms with Crippen LogP contribution in [0.3, 0.4) is 0 Å². The molecule has 3 aromatic rings. The van der Waals surface area contributed by atoms with Gasteiger partial charge in [0, 0.05) is 15.7 Å². The fourth-order valence-corrected chi connectivity index (χ4v) is 3.96. The van der Waals surface area contributed by atoms with Crippen molar-refractivity contribution in [3.63, 3.8) is 0 Å². The molecule has 0 radical (unpaired) electrons. The summed E-state index contributed by atoms with van der Waals surface area (Å²) in [4.78, 5) is 26.9. The van der Waals surface area contributed by atoms with E-state index in [1.165, 1.54) is 6.07 Å². The molecule has 0 saturated heterocycles. The van der Waals surface area contributed by atoms with Gasteiger partial charge < -0.3 is 19.7 Å². The number of halogens is 3. The number of amides is 2. The van der Waals surface area contributed by atoms with Crippen molar-refractivity contribution >= 4 is 58.0 Å². The minimum Gasteiger partial charge on any atom is -0.482 e. The average molecular weight is 506 g/mol. The van der Waals surface area contributed by atoms with Crippen LogP contribution in [0.25, 0.3) is 0 Å². The third-order valence-corrected chi connectivity index (χ3v) is 5.92. The van der Waals surface area contributed by atoms with Gasteiger partial charge in [0.1, 0.15) is 11.5 Å². The van der Waals surface area contributed by atoms with E-state index in [4.69, 9.17) is 44.3 Å². The molecule has 1 aliphatic rings. The smallest absolute Gasteiger partial charge is 0.265 e. The molecule has 9 heteroatoms. The zero-order valence-corrected chi connectivity index (χ0v) is 19.7. The van der Waals surface area contributed by atoms with Gasteiger partial charge in [-0.3, -0.25) is 9.59 Å². The van der Waals surface area contributed by atoms with Crippen LogP contribution >= 0.6 is 34.8 Å². The highest BCUT2D eigenvalue weighted by molar-refractivity contribution is 6.35. The second-order valence-electron chi connectivity index (χ2n) is 7.37. The van der Waals surface area contributed by atoms with Crippen LogP contribution in [-0.2, 0) is 16.1 Å². The molecule has 0 saturated carbocycles. The summed E-state index contributed by atoms with van der Waals surface area (Å²) in [5.74, 6) is 0.289. The van der Waals surface area contributed by atoms with Crippen LogP contribution in [0, 0.1) is 0 Å². The maximum absolute atomic E-state index is 12.7. The Morgan fingerprint density at radius 1 is 1.09 bits per heavy atom. The van der Waals surface area contributed by atoms with Gasteiger partial charge in [-0.2, -0.15) is 0 Å². The zero-order chi connectivity index (χ0) is 23.5. The molecule has 0 fully saturated rings. The van der Waals surface area contributed by atoms with E-state index in [0.717, 1.165) is 5.56 Å². The maximum Gasteiger partial charge on any atom is 0.265 e. The van der Waals surface area contributed by atoms with Gasteiger partial charge in [0.05, 0.1) is 17.3 Å². The number of benzene rings is 3. The molecule has 3 aromatic carbocycles. The number of ether oxygens (including phenoxy) is 2. The van der Waals surface area contributed by atoms with Gasteiger partial charge in [-0.05, 0) is 55.0 Å². The summed E-state index contributed by atoms with van der Waals surface area (Å²) < 4.78 is 11.2. The summed E-state index contributed by atoms with van der Waals surface area (Å²) in [5, 5.41) is 4.14. The van der Waals surface area contributed by atoms with Crippen molar-refractivity contribution in [3.05, 3.63) is 81.3 Å². The molecule has 170 valence electrons. The Morgan fingerprint density at radius 3 is 2.64 bits per heavy atom. The number of rotatable bonds is 6. The van der Waals surface area contributed by atoms with Crippen molar-refractivity contribution in [1.29, 1.82) is 0 Å². The molecule has 4 rings (SSSR count). The predicted octanol–water partition coefficient (Wildman–Crippen LogP) is 5.98. The molecular weight excluding hydrogens is 487 g/mol. The van der Waals surface area contributed by atoms with Crippen LogP contribution in [0.15, 0.2) is 60.7 Å². The van der Waals surface area contributed by atoms with Crippen molar-refractivity contribution < 1.29 is 19.1 Å². The first kappa shape index (κ1) is 23.2. The molecule has 1 aliphatic heterocycles. The summed E-state index contributed by atoms with van der Waals surface area (Å²) >= 11 is 18.3. The van der Waals surface area contributed by atoms with Crippen molar-refractivity contribution in [2.75, 3.05) is 16.8 Å². The number of carbonyl (C=O) groups is 2. The van der Waals surface area contributed by atoms with E-state index in [9.17, 15) is 9.59 Å². The molecule has 1 unspecified atom stereocenters. The number of hydrogen-bond acceptors (Lipinski definition) is 4. The molecule has 6 nitrogen and oxygen atoms in total. The van der Waals surface area contributed by atoms with E-state index in [0.29, 0.717) is 37.9 Å². The first-order chi connectivity index (χ1) is 15.8. The van der Waals surface area contributed by atoms with Gasteiger partial charge in [-0.1, -0.05) is 53.0 Å². The molecular formula is C24H19Cl3N2O4. The van der Waals surface area contributed by atoms with Gasteiger partial charge in [-0.15, -0.1) is 0 Å². The molecule has 0 aromatic heterocycles. The Hall–Kier alpha value is -2.93. The number of fused-ring (bicyclic) bond motifs is 1. The summed E-state index contributed by atoms with van der Waals surface area (Å²) in [5.41, 5.74) is 1.83. The van der Waals surface area contributed by atoms with Crippen molar-refractivity contribution in [1.82, 2.24) is 0 Å². The standard InChI is InChI=1S/C24H19Cl3N2O4/c1-14(33-21-8-6-16(25)10-19(21)27)24(31)28-17-7-9-22-20(11-17)29(23(30)13-32-22)12-15-4-2-3-5-18(15)26/h2-11,14H,12-13H2,1H3,(H,28,31). The highest BCUT2D eigenvalue weighted by Crippen LogP contribution is 2.36. The fraction of sp³-hybridized carbons (Fsp3) is 0.167. The highest BCUT2D eigenvalue weighted by atomic mass is 35.5. The minimum absolute atomic E-state index is 0.0735. The first-order valence-electron chi connectivity index (χ1n) is 10.0. The van der Waals surface area contributed by atoms with Crippen LogP contribution in [0.4, 0.5) is 11.4 Å². The first-order valence-corrected chi connectivity index (χ1v) is 11.2. The maximum atomic E-state index is 12.7. The quantitative estimate of drug-likeness (QED) is 0.448. The highest BCUT2D eigenvalue weighted by Gasteiger charge is 2.27. The van der Waals surface area contributed by atoms with Crippen LogP contribution in [0.2, 0.25) is 15.1 Å². The average Bonchev–Trinajstić information content (AvgIpc) is 2.79. The van der Waals surface area contributed by atoms with Crippen molar-refractivity contribution in [3.8, 4) is 11.5 Å². The normalized spacial score (nSPS) is 13.7. The van der Waals surface area contributed by atoms with E-state index >= 15 is 0 Å². The molecule has 33 heavy (non-hydrogen) atoms. The lowest BCUT2D eigenvalue weighted by Gasteiger charge is -2.30. The van der Waals surface area contributed by atoms with Gasteiger partial charge in [0.2, 0.25) is 0 Å². The van der Waals surface area contributed by atoms with Crippen LogP contribution < -0.4 is 19.7 Å². The number of nitrogens with one attached hydrogen (secondary N) is 1. The lowest BCUT2D eigenvalue weighted by molar-refractivity contribution is -0.122. The van der Waals surface area contributed by atoms with Gasteiger partial charge in [0.25, 0.3) is 11.8 Å². The van der Waals surface area contributed by atoms with Crippen molar-refractivity contribution in [2.24, 2.45) is 0 Å². The third-order valence-electron chi connectivity index (χ3n) is 5.02. The largest absolute Gasteiger partial charge is 0.482 e. The van der Waals surface area contributed by atoms with Gasteiger partial charge in [0.15, 0.2) is 12.7 Å². The van der Waals surface area contributed by atoms with E-state index in [1.807, 2.05) is 18.2 Å². The van der Waals surface area contributed by atoms with Crippen LogP contribution in [0.1, 0.15) is 12.5 Å². The second-order valence-corrected chi connectivity index (χ2v) is 8.62. The lowest BCUT2D eigenvalue weighted by Crippen LogP contribution is -2.38. The number of anilines is 2. The SMILES string of the molecule is CC(Oc1ccc(Cl)cc1Cl)C(=O)Nc1ccc2c(c1)N(Cc1ccccc1Cl)C(=O)CO2. The Kier molecular flexibility index (Phi) is 6.98. The molecule has 0 aliphatic carbocycles. The lowest BCUT2D eigenvalue weighted by atomic mass is 10.1. The number of carbonyl (C=O) groups excluding carboxylic acids is 2. The summed E-state index contributed by atoms with van der Waals surface area (Å²) in [6.45, 7) is 1.81. The number of hydrogen-bond donors (Lipinski definition) is 1. The summed E-state index contributed by atoms with van der Waals surface area (Å²) in [7, 11) is 0.